The highest BCUT2D eigenvalue weighted by atomic mass is 32.3. The molecule has 0 saturated heterocycles. The Morgan fingerprint density at radius 3 is 1.51 bits per heavy atom. The van der Waals surface area contributed by atoms with Crippen LogP contribution >= 0.6 is 0 Å². The lowest BCUT2D eigenvalue weighted by molar-refractivity contribution is -0.0503. The Labute approximate surface area is 275 Å². The second-order valence-electron chi connectivity index (χ2n) is 16.3. The van der Waals surface area contributed by atoms with Gasteiger partial charge < -0.3 is 4.55 Å². The third-order valence-electron chi connectivity index (χ3n) is 12.6. The van der Waals surface area contributed by atoms with Crippen molar-refractivity contribution in [3.8, 4) is 0 Å². The summed E-state index contributed by atoms with van der Waals surface area (Å²) < 4.78 is 42.7. The zero-order valence-corrected chi connectivity index (χ0v) is 27.8. The van der Waals surface area contributed by atoms with E-state index in [1.54, 1.807) is 4.68 Å². The van der Waals surface area contributed by atoms with Gasteiger partial charge in [-0.25, -0.2) is 17.8 Å². The average molecular weight is 666 g/mol. The molecule has 11 rings (SSSR count). The first-order chi connectivity index (χ1) is 22.7. The summed E-state index contributed by atoms with van der Waals surface area (Å²) >= 11 is 0. The predicted molar refractivity (Wildman–Crippen MR) is 166 cm³/mol. The van der Waals surface area contributed by atoms with Crippen LogP contribution in [-0.4, -0.2) is 69.5 Å². The summed E-state index contributed by atoms with van der Waals surface area (Å²) in [6.07, 6.45) is 22.3. The van der Waals surface area contributed by atoms with Gasteiger partial charge in [-0.1, -0.05) is 15.6 Å². The summed E-state index contributed by atoms with van der Waals surface area (Å²) in [4.78, 5) is 2.28. The maximum Gasteiger partial charge on any atom is 0.217 e. The summed E-state index contributed by atoms with van der Waals surface area (Å²) in [6, 6.07) is 0. The van der Waals surface area contributed by atoms with Gasteiger partial charge in [0.2, 0.25) is 10.4 Å². The van der Waals surface area contributed by atoms with E-state index in [2.05, 4.69) is 41.2 Å². The van der Waals surface area contributed by atoms with Crippen LogP contribution in [0, 0.1) is 35.5 Å². The molecule has 0 atom stereocenters. The molecule has 8 aliphatic rings. The monoisotopic (exact) mass is 665 g/mol. The van der Waals surface area contributed by atoms with Crippen molar-refractivity contribution in [2.75, 3.05) is 6.61 Å². The van der Waals surface area contributed by atoms with Crippen LogP contribution in [0.25, 0.3) is 0 Å². The van der Waals surface area contributed by atoms with Gasteiger partial charge in [-0.3, -0.25) is 13.8 Å². The van der Waals surface area contributed by atoms with E-state index in [1.807, 2.05) is 6.20 Å². The van der Waals surface area contributed by atoms with Crippen molar-refractivity contribution in [1.29, 1.82) is 0 Å². The summed E-state index contributed by atoms with van der Waals surface area (Å²) in [5, 5.41) is 27.5. The van der Waals surface area contributed by atoms with Crippen LogP contribution in [-0.2, 0) is 51.8 Å². The Hall–Kier alpha value is -2.75. The summed E-state index contributed by atoms with van der Waals surface area (Å²) in [5.74, 6) is 5.00. The molecule has 0 aromatic carbocycles. The zero-order valence-electron chi connectivity index (χ0n) is 26.9. The molecule has 0 radical (unpaired) electrons. The largest absolute Gasteiger partial charge is 0.726 e. The first-order valence-corrected chi connectivity index (χ1v) is 19.0. The second kappa shape index (κ2) is 11.4. The first-order valence-electron chi connectivity index (χ1n) is 17.7. The fourth-order valence-corrected chi connectivity index (χ4v) is 12.0. The van der Waals surface area contributed by atoms with Crippen LogP contribution in [0.4, 0.5) is 0 Å². The van der Waals surface area contributed by atoms with Gasteiger partial charge in [0.25, 0.3) is 0 Å². The summed E-state index contributed by atoms with van der Waals surface area (Å²) in [6.45, 7) is 1.92. The fraction of sp³-hybridized carbons (Fsp3) is 0.812. The number of aromatic nitrogens is 9. The lowest BCUT2D eigenvalue weighted by Gasteiger charge is -2.56. The van der Waals surface area contributed by atoms with Crippen LogP contribution in [0.1, 0.15) is 101 Å². The molecule has 47 heavy (non-hydrogen) atoms. The van der Waals surface area contributed by atoms with Crippen LogP contribution in [0.5, 0.6) is 0 Å². The molecule has 8 aliphatic carbocycles. The molecule has 0 N–H and O–H groups in total. The van der Waals surface area contributed by atoms with Gasteiger partial charge in [-0.2, -0.15) is 0 Å². The zero-order chi connectivity index (χ0) is 31.8. The molecule has 15 heteroatoms. The van der Waals surface area contributed by atoms with Crippen molar-refractivity contribution < 1.29 is 17.2 Å². The van der Waals surface area contributed by atoms with Gasteiger partial charge in [0, 0.05) is 32.4 Å². The SMILES string of the molecule is O=S(=O)([O-])OCCCn1cc(CN(Cc2cn(C34CC5CC(CC(C5)C3)C4)nn2)Cc2cn(C34CC5CC(CC(C5)C3)C4)nn2)nn1. The maximum absolute atomic E-state index is 10.7. The normalized spacial score (nSPS) is 35.4. The third-order valence-corrected chi connectivity index (χ3v) is 13.0. The number of aryl methyl sites for hydroxylation is 1. The highest BCUT2D eigenvalue weighted by Crippen LogP contribution is 2.59. The van der Waals surface area contributed by atoms with E-state index in [4.69, 9.17) is 20.6 Å². The lowest BCUT2D eigenvalue weighted by atomic mass is 9.53. The van der Waals surface area contributed by atoms with Gasteiger partial charge in [-0.05, 0) is 119 Å². The molecule has 0 spiro atoms. The molecule has 0 amide bonds. The smallest absolute Gasteiger partial charge is 0.217 e. The van der Waals surface area contributed by atoms with E-state index in [0.29, 0.717) is 32.6 Å². The minimum atomic E-state index is -4.70. The fourth-order valence-electron chi connectivity index (χ4n) is 11.7. The van der Waals surface area contributed by atoms with Gasteiger partial charge in [0.05, 0.1) is 47.2 Å². The predicted octanol–water partition coefficient (Wildman–Crippen LogP) is 3.38. The van der Waals surface area contributed by atoms with Gasteiger partial charge in [0.15, 0.2) is 0 Å². The molecule has 8 fully saturated rings. The van der Waals surface area contributed by atoms with Crippen molar-refractivity contribution in [2.45, 2.75) is 121 Å². The van der Waals surface area contributed by atoms with Crippen LogP contribution in [0.2, 0.25) is 0 Å². The molecule has 3 heterocycles. The highest BCUT2D eigenvalue weighted by molar-refractivity contribution is 7.80. The molecule has 8 saturated carbocycles. The molecule has 14 nitrogen and oxygen atoms in total. The number of hydrogen-bond acceptors (Lipinski definition) is 11. The quantitative estimate of drug-likeness (QED) is 0.149. The second-order valence-corrected chi connectivity index (χ2v) is 17.3. The Kier molecular flexibility index (Phi) is 7.36. The van der Waals surface area contributed by atoms with Crippen LogP contribution < -0.4 is 0 Å². The van der Waals surface area contributed by atoms with E-state index >= 15 is 0 Å². The van der Waals surface area contributed by atoms with E-state index in [9.17, 15) is 13.0 Å². The van der Waals surface area contributed by atoms with E-state index in [-0.39, 0.29) is 17.7 Å². The minimum Gasteiger partial charge on any atom is -0.726 e. The Morgan fingerprint density at radius 2 is 1.09 bits per heavy atom. The Morgan fingerprint density at radius 1 is 0.681 bits per heavy atom. The van der Waals surface area contributed by atoms with Gasteiger partial charge >= 0.3 is 0 Å². The Balaban J connectivity index is 0.922. The van der Waals surface area contributed by atoms with E-state index in [0.717, 1.165) is 52.6 Å². The standard InChI is InChI=1S/C32H46N10O4S/c43-47(44,45)46-3-1-2-40-19-28(33-36-40)16-39(17-29-20-41(37-34-29)31-10-22-4-23(11-31)6-24(5-22)12-31)18-30-21-42(38-35-30)32-13-25-7-26(14-32)9-27(8-25)15-32/h19-27H,1-18H2,(H,43,44,45)/p-1. The average Bonchev–Trinajstić information content (AvgIpc) is 3.76. The molecule has 0 unspecified atom stereocenters. The molecular weight excluding hydrogens is 620 g/mol. The number of hydrogen-bond donors (Lipinski definition) is 0. The summed E-state index contributed by atoms with van der Waals surface area (Å²) in [7, 11) is -4.70. The molecular formula is C32H45N10O4S-. The minimum absolute atomic E-state index is 0.128. The van der Waals surface area contributed by atoms with Crippen molar-refractivity contribution in [1.82, 2.24) is 49.9 Å². The molecule has 254 valence electrons. The van der Waals surface area contributed by atoms with Gasteiger partial charge in [-0.15, -0.1) is 15.3 Å². The van der Waals surface area contributed by atoms with E-state index in [1.165, 1.54) is 77.0 Å². The maximum atomic E-state index is 10.7. The number of rotatable bonds is 13. The molecule has 0 aliphatic heterocycles. The van der Waals surface area contributed by atoms with Gasteiger partial charge in [0.1, 0.15) is 0 Å². The number of nitrogens with zero attached hydrogens (tertiary/aromatic N) is 10. The van der Waals surface area contributed by atoms with Crippen LogP contribution in [0.3, 0.4) is 0 Å². The topological polar surface area (TPSA) is 162 Å². The third kappa shape index (κ3) is 6.05. The van der Waals surface area contributed by atoms with Crippen molar-refractivity contribution >= 4 is 10.4 Å². The molecule has 3 aromatic heterocycles. The van der Waals surface area contributed by atoms with Crippen molar-refractivity contribution in [3.05, 3.63) is 35.7 Å². The highest BCUT2D eigenvalue weighted by Gasteiger charge is 2.53. The van der Waals surface area contributed by atoms with Crippen molar-refractivity contribution in [2.24, 2.45) is 35.5 Å². The van der Waals surface area contributed by atoms with E-state index < -0.39 is 10.4 Å². The summed E-state index contributed by atoms with van der Waals surface area (Å²) in [5.41, 5.74) is 2.92. The van der Waals surface area contributed by atoms with Crippen molar-refractivity contribution in [3.63, 3.8) is 0 Å². The first kappa shape index (κ1) is 30.3. The van der Waals surface area contributed by atoms with Crippen LogP contribution in [0.15, 0.2) is 18.6 Å². The molecule has 3 aromatic rings. The Bertz CT molecular complexity index is 1560. The molecule has 8 bridgehead atoms. The lowest BCUT2D eigenvalue weighted by Crippen LogP contribution is -2.52.